The fourth-order valence-electron chi connectivity index (χ4n) is 4.66. The molecule has 2 fully saturated rings. The lowest BCUT2D eigenvalue weighted by Gasteiger charge is -2.35. The van der Waals surface area contributed by atoms with Crippen LogP contribution < -0.4 is 5.32 Å². The molecule has 1 saturated carbocycles. The molecule has 6 heteroatoms. The maximum Gasteiger partial charge on any atom is 0.238 e. The number of benzene rings is 1. The minimum Gasteiger partial charge on any atom is -0.354 e. The molecule has 1 heterocycles. The van der Waals surface area contributed by atoms with Crippen LogP contribution in [0, 0.1) is 0 Å². The van der Waals surface area contributed by atoms with Gasteiger partial charge in [0.1, 0.15) is 6.04 Å². The molecule has 1 aromatic carbocycles. The number of piperidine rings is 1. The number of sulfonamides is 1. The van der Waals surface area contributed by atoms with E-state index < -0.39 is 16.1 Å². The zero-order chi connectivity index (χ0) is 19.3. The average molecular weight is 393 g/mol. The van der Waals surface area contributed by atoms with E-state index in [1.807, 2.05) is 13.0 Å². The zero-order valence-corrected chi connectivity index (χ0v) is 17.1. The first kappa shape index (κ1) is 20.3. The summed E-state index contributed by atoms with van der Waals surface area (Å²) in [7, 11) is -3.36. The first-order chi connectivity index (χ1) is 13.0. The van der Waals surface area contributed by atoms with E-state index >= 15 is 0 Å². The molecule has 150 valence electrons. The maximum absolute atomic E-state index is 13.0. The third kappa shape index (κ3) is 4.54. The number of nitrogens with one attached hydrogen (secondary N) is 1. The van der Waals surface area contributed by atoms with E-state index in [0.29, 0.717) is 25.9 Å². The summed E-state index contributed by atoms with van der Waals surface area (Å²) in [5, 5.41) is 3.13. The van der Waals surface area contributed by atoms with Crippen molar-refractivity contribution in [3.8, 4) is 0 Å². The Kier molecular flexibility index (Phi) is 6.58. The Morgan fingerprint density at radius 3 is 2.52 bits per heavy atom. The van der Waals surface area contributed by atoms with Gasteiger partial charge in [-0.2, -0.15) is 4.31 Å². The number of carbonyl (C=O) groups excluding carboxylic acids is 1. The SMILES string of the molecule is CCCS(=O)(=O)N1CCCCC1C(=O)NCC1(c2ccccc2)CCCC1. The molecule has 1 amide bonds. The van der Waals surface area contributed by atoms with Gasteiger partial charge in [-0.1, -0.05) is 56.5 Å². The van der Waals surface area contributed by atoms with Crippen molar-refractivity contribution >= 4 is 15.9 Å². The van der Waals surface area contributed by atoms with Crippen LogP contribution in [0.15, 0.2) is 30.3 Å². The van der Waals surface area contributed by atoms with Crippen molar-refractivity contribution in [2.45, 2.75) is 69.7 Å². The van der Waals surface area contributed by atoms with Crippen molar-refractivity contribution in [1.82, 2.24) is 9.62 Å². The van der Waals surface area contributed by atoms with Gasteiger partial charge in [-0.15, -0.1) is 0 Å². The molecule has 1 unspecified atom stereocenters. The molecule has 0 aromatic heterocycles. The summed E-state index contributed by atoms with van der Waals surface area (Å²) in [5.41, 5.74) is 1.26. The lowest BCUT2D eigenvalue weighted by Crippen LogP contribution is -2.54. The van der Waals surface area contributed by atoms with Crippen LogP contribution in [0.25, 0.3) is 0 Å². The third-order valence-electron chi connectivity index (χ3n) is 6.12. The highest BCUT2D eigenvalue weighted by molar-refractivity contribution is 7.89. The van der Waals surface area contributed by atoms with Crippen LogP contribution in [0.4, 0.5) is 0 Å². The lowest BCUT2D eigenvalue weighted by atomic mass is 9.78. The molecule has 1 N–H and O–H groups in total. The van der Waals surface area contributed by atoms with Gasteiger partial charge in [-0.05, 0) is 37.7 Å². The molecule has 0 bridgehead atoms. The molecule has 5 nitrogen and oxygen atoms in total. The Hall–Kier alpha value is -1.40. The van der Waals surface area contributed by atoms with Crippen molar-refractivity contribution in [2.75, 3.05) is 18.8 Å². The minimum absolute atomic E-state index is 0.0152. The van der Waals surface area contributed by atoms with Gasteiger partial charge in [-0.25, -0.2) is 8.42 Å². The summed E-state index contributed by atoms with van der Waals surface area (Å²) in [4.78, 5) is 13.0. The molecule has 1 saturated heterocycles. The van der Waals surface area contributed by atoms with Crippen LogP contribution in [0.1, 0.15) is 63.9 Å². The fourth-order valence-corrected chi connectivity index (χ4v) is 6.41. The highest BCUT2D eigenvalue weighted by atomic mass is 32.2. The molecular formula is C21H32N2O3S. The molecule has 2 aliphatic rings. The smallest absolute Gasteiger partial charge is 0.238 e. The van der Waals surface area contributed by atoms with Gasteiger partial charge in [0.15, 0.2) is 0 Å². The fraction of sp³-hybridized carbons (Fsp3) is 0.667. The molecule has 0 radical (unpaired) electrons. The molecule has 3 rings (SSSR count). The van der Waals surface area contributed by atoms with Crippen LogP contribution in [0.5, 0.6) is 0 Å². The Morgan fingerprint density at radius 2 is 1.85 bits per heavy atom. The van der Waals surface area contributed by atoms with E-state index in [0.717, 1.165) is 25.7 Å². The first-order valence-electron chi connectivity index (χ1n) is 10.3. The molecule has 27 heavy (non-hydrogen) atoms. The number of rotatable bonds is 7. The van der Waals surface area contributed by atoms with Gasteiger partial charge in [0.2, 0.25) is 15.9 Å². The maximum atomic E-state index is 13.0. The topological polar surface area (TPSA) is 66.5 Å². The number of amides is 1. The zero-order valence-electron chi connectivity index (χ0n) is 16.3. The Bertz CT molecular complexity index is 727. The van der Waals surface area contributed by atoms with Crippen molar-refractivity contribution < 1.29 is 13.2 Å². The first-order valence-corrected chi connectivity index (χ1v) is 11.9. The second kappa shape index (κ2) is 8.74. The number of carbonyl (C=O) groups is 1. The predicted molar refractivity (Wildman–Crippen MR) is 108 cm³/mol. The summed E-state index contributed by atoms with van der Waals surface area (Å²) < 4.78 is 26.6. The molecule has 1 atom stereocenters. The average Bonchev–Trinajstić information content (AvgIpc) is 3.17. The third-order valence-corrected chi connectivity index (χ3v) is 8.20. The summed E-state index contributed by atoms with van der Waals surface area (Å²) in [6.45, 7) is 2.92. The van der Waals surface area contributed by atoms with Crippen molar-refractivity contribution in [2.24, 2.45) is 0 Å². The molecule has 1 aromatic rings. The van der Waals surface area contributed by atoms with Gasteiger partial charge in [-0.3, -0.25) is 4.79 Å². The standard InChI is InChI=1S/C21H32N2O3S/c1-2-16-27(25,26)23-15-9-6-12-19(23)20(24)22-17-21(13-7-8-14-21)18-10-4-3-5-11-18/h3-5,10-11,19H,2,6-9,12-17H2,1H3,(H,22,24). The van der Waals surface area contributed by atoms with E-state index in [1.165, 1.54) is 22.7 Å². The van der Waals surface area contributed by atoms with Crippen molar-refractivity contribution in [1.29, 1.82) is 0 Å². The molecule has 1 aliphatic carbocycles. The van der Waals surface area contributed by atoms with Crippen LogP contribution in [-0.2, 0) is 20.2 Å². The number of nitrogens with zero attached hydrogens (tertiary/aromatic N) is 1. The Morgan fingerprint density at radius 1 is 1.15 bits per heavy atom. The largest absolute Gasteiger partial charge is 0.354 e. The highest BCUT2D eigenvalue weighted by Crippen LogP contribution is 2.40. The number of hydrogen-bond donors (Lipinski definition) is 1. The van der Waals surface area contributed by atoms with E-state index in [9.17, 15) is 13.2 Å². The normalized spacial score (nSPS) is 23.2. The van der Waals surface area contributed by atoms with Crippen molar-refractivity contribution in [3.63, 3.8) is 0 Å². The predicted octanol–water partition coefficient (Wildman–Crippen LogP) is 3.21. The van der Waals surface area contributed by atoms with Crippen LogP contribution in [0.3, 0.4) is 0 Å². The summed E-state index contributed by atoms with van der Waals surface area (Å²) in [5.74, 6) is -0.0124. The van der Waals surface area contributed by atoms with Gasteiger partial charge >= 0.3 is 0 Å². The summed E-state index contributed by atoms with van der Waals surface area (Å²) >= 11 is 0. The Balaban J connectivity index is 1.71. The second-order valence-corrected chi connectivity index (χ2v) is 10.1. The molecule has 1 aliphatic heterocycles. The van der Waals surface area contributed by atoms with E-state index in [2.05, 4.69) is 29.6 Å². The van der Waals surface area contributed by atoms with E-state index in [4.69, 9.17) is 0 Å². The van der Waals surface area contributed by atoms with E-state index in [1.54, 1.807) is 0 Å². The van der Waals surface area contributed by atoms with Crippen LogP contribution in [0.2, 0.25) is 0 Å². The van der Waals surface area contributed by atoms with Gasteiger partial charge < -0.3 is 5.32 Å². The number of hydrogen-bond acceptors (Lipinski definition) is 3. The lowest BCUT2D eigenvalue weighted by molar-refractivity contribution is -0.126. The van der Waals surface area contributed by atoms with Gasteiger partial charge in [0.25, 0.3) is 0 Å². The molecular weight excluding hydrogens is 360 g/mol. The Labute approximate surface area is 163 Å². The van der Waals surface area contributed by atoms with Crippen molar-refractivity contribution in [3.05, 3.63) is 35.9 Å². The monoisotopic (exact) mass is 392 g/mol. The van der Waals surface area contributed by atoms with E-state index in [-0.39, 0.29) is 17.1 Å². The second-order valence-electron chi connectivity index (χ2n) is 8.01. The summed E-state index contributed by atoms with van der Waals surface area (Å²) in [6.07, 6.45) is 7.41. The minimum atomic E-state index is -3.36. The van der Waals surface area contributed by atoms with Crippen LogP contribution in [-0.4, -0.2) is 43.5 Å². The van der Waals surface area contributed by atoms with Gasteiger partial charge in [0, 0.05) is 18.5 Å². The molecule has 0 spiro atoms. The quantitative estimate of drug-likeness (QED) is 0.775. The van der Waals surface area contributed by atoms with Crippen LogP contribution >= 0.6 is 0 Å². The highest BCUT2D eigenvalue weighted by Gasteiger charge is 2.39. The van der Waals surface area contributed by atoms with Gasteiger partial charge in [0.05, 0.1) is 5.75 Å². The summed E-state index contributed by atoms with van der Waals surface area (Å²) in [6, 6.07) is 9.87.